The molecule has 0 saturated carbocycles. The second kappa shape index (κ2) is 2.42. The summed E-state index contributed by atoms with van der Waals surface area (Å²) in [5.41, 5.74) is -0.848. The number of nitrogens with zero attached hydrogens (tertiary/aromatic N) is 1. The molecule has 0 aliphatic carbocycles. The lowest BCUT2D eigenvalue weighted by Crippen LogP contribution is -2.45. The fourth-order valence-corrected chi connectivity index (χ4v) is 2.43. The van der Waals surface area contributed by atoms with Gasteiger partial charge in [-0.25, -0.2) is 4.39 Å². The summed E-state index contributed by atoms with van der Waals surface area (Å²) in [6.07, 6.45) is 0.741. The van der Waals surface area contributed by atoms with Gasteiger partial charge in [0.05, 0.1) is 0 Å². The molecule has 0 aromatic heterocycles. The van der Waals surface area contributed by atoms with Crippen LogP contribution in [-0.2, 0) is 4.79 Å². The first-order chi connectivity index (χ1) is 5.65. The van der Waals surface area contributed by atoms with Crippen LogP contribution in [0.4, 0.5) is 4.39 Å². The molecule has 2 aliphatic rings. The highest BCUT2D eigenvalue weighted by atomic mass is 19.1. The number of carboxylic acid groups (broad SMARTS) is 1. The number of hydrogen-bond acceptors (Lipinski definition) is 2. The molecule has 2 saturated heterocycles. The van der Waals surface area contributed by atoms with E-state index in [-0.39, 0.29) is 6.42 Å². The first-order valence-electron chi connectivity index (χ1n) is 4.28. The van der Waals surface area contributed by atoms with E-state index >= 15 is 0 Å². The van der Waals surface area contributed by atoms with Crippen molar-refractivity contribution in [2.24, 2.45) is 0 Å². The van der Waals surface area contributed by atoms with Gasteiger partial charge < -0.3 is 5.11 Å². The van der Waals surface area contributed by atoms with Gasteiger partial charge in [-0.2, -0.15) is 0 Å². The van der Waals surface area contributed by atoms with Gasteiger partial charge in [-0.05, 0) is 19.4 Å². The fourth-order valence-electron chi connectivity index (χ4n) is 2.43. The van der Waals surface area contributed by atoms with Gasteiger partial charge in [-0.15, -0.1) is 0 Å². The Morgan fingerprint density at radius 1 is 1.67 bits per heavy atom. The van der Waals surface area contributed by atoms with E-state index in [9.17, 15) is 9.18 Å². The van der Waals surface area contributed by atoms with Crippen LogP contribution in [0.1, 0.15) is 19.3 Å². The second-order valence-corrected chi connectivity index (χ2v) is 3.69. The van der Waals surface area contributed by atoms with Gasteiger partial charge in [0.15, 0.2) is 0 Å². The highest BCUT2D eigenvalue weighted by molar-refractivity contribution is 5.79. The van der Waals surface area contributed by atoms with Crippen molar-refractivity contribution < 1.29 is 14.3 Å². The van der Waals surface area contributed by atoms with E-state index in [1.165, 1.54) is 0 Å². The second-order valence-electron chi connectivity index (χ2n) is 3.69. The maximum Gasteiger partial charge on any atom is 0.324 e. The average molecular weight is 173 g/mol. The van der Waals surface area contributed by atoms with Crippen molar-refractivity contribution in [1.29, 1.82) is 0 Å². The zero-order valence-electron chi connectivity index (χ0n) is 6.79. The summed E-state index contributed by atoms with van der Waals surface area (Å²) >= 11 is 0. The molecule has 68 valence electrons. The zero-order chi connectivity index (χ0) is 8.77. The number of alkyl halides is 1. The summed E-state index contributed by atoms with van der Waals surface area (Å²) in [5.74, 6) is -0.847. The number of hydrogen-bond donors (Lipinski definition) is 1. The molecule has 0 aromatic carbocycles. The summed E-state index contributed by atoms with van der Waals surface area (Å²) < 4.78 is 12.9. The first-order valence-corrected chi connectivity index (χ1v) is 4.28. The van der Waals surface area contributed by atoms with Crippen LogP contribution in [0.5, 0.6) is 0 Å². The van der Waals surface area contributed by atoms with Crippen LogP contribution in [0.3, 0.4) is 0 Å². The summed E-state index contributed by atoms with van der Waals surface area (Å²) in [6.45, 7) is 1.05. The molecular formula is C8H12FNO2. The van der Waals surface area contributed by atoms with Crippen LogP contribution >= 0.6 is 0 Å². The Kier molecular flexibility index (Phi) is 1.61. The van der Waals surface area contributed by atoms with Crippen molar-refractivity contribution in [3.8, 4) is 0 Å². The maximum absolute atomic E-state index is 12.9. The third kappa shape index (κ3) is 0.874. The van der Waals surface area contributed by atoms with Crippen molar-refractivity contribution in [1.82, 2.24) is 4.90 Å². The van der Waals surface area contributed by atoms with Gasteiger partial charge in [0, 0.05) is 13.0 Å². The molecule has 1 N–H and O–H groups in total. The van der Waals surface area contributed by atoms with Crippen LogP contribution in [0.2, 0.25) is 0 Å². The quantitative estimate of drug-likeness (QED) is 0.632. The lowest BCUT2D eigenvalue weighted by Gasteiger charge is -2.25. The first kappa shape index (κ1) is 7.98. The van der Waals surface area contributed by atoms with Crippen LogP contribution in [-0.4, -0.2) is 40.8 Å². The van der Waals surface area contributed by atoms with Gasteiger partial charge in [0.25, 0.3) is 0 Å². The third-order valence-electron chi connectivity index (χ3n) is 3.00. The summed E-state index contributed by atoms with van der Waals surface area (Å²) in [7, 11) is 0. The number of carboxylic acids is 1. The number of carbonyl (C=O) groups is 1. The van der Waals surface area contributed by atoms with Gasteiger partial charge >= 0.3 is 5.97 Å². The Bertz CT molecular complexity index is 221. The Balaban J connectivity index is 2.26. The summed E-state index contributed by atoms with van der Waals surface area (Å²) in [6, 6.07) is 0. The van der Waals surface area contributed by atoms with Crippen molar-refractivity contribution in [3.05, 3.63) is 0 Å². The molecule has 2 aliphatic heterocycles. The Hall–Kier alpha value is -0.640. The Labute approximate surface area is 70.2 Å². The van der Waals surface area contributed by atoms with Crippen LogP contribution < -0.4 is 0 Å². The number of aliphatic carboxylic acids is 1. The molecule has 2 fully saturated rings. The molecule has 0 unspecified atom stereocenters. The molecule has 0 spiro atoms. The van der Waals surface area contributed by atoms with Crippen molar-refractivity contribution in [2.45, 2.75) is 31.0 Å². The van der Waals surface area contributed by atoms with Gasteiger partial charge in [0.1, 0.15) is 11.7 Å². The monoisotopic (exact) mass is 173 g/mol. The van der Waals surface area contributed by atoms with Crippen molar-refractivity contribution in [3.63, 3.8) is 0 Å². The highest BCUT2D eigenvalue weighted by Crippen LogP contribution is 2.39. The standard InChI is InChI=1S/C8H12FNO2/c9-6-4-8(7(11)12)2-1-3-10(8)5-6/h6H,1-5H2,(H,11,12)/t6-,8+/m1/s1. The largest absolute Gasteiger partial charge is 0.480 e. The predicted octanol–water partition coefficient (Wildman–Crippen LogP) is 0.647. The molecular weight excluding hydrogens is 161 g/mol. The average Bonchev–Trinajstić information content (AvgIpc) is 2.42. The SMILES string of the molecule is O=C(O)[C@@]12CCCN1C[C@H](F)C2. The lowest BCUT2D eigenvalue weighted by molar-refractivity contribution is -0.148. The number of fused-ring (bicyclic) bond motifs is 1. The molecule has 0 amide bonds. The Morgan fingerprint density at radius 3 is 3.00 bits per heavy atom. The minimum absolute atomic E-state index is 0.183. The van der Waals surface area contributed by atoms with E-state index in [0.717, 1.165) is 13.0 Å². The van der Waals surface area contributed by atoms with Gasteiger partial charge in [-0.1, -0.05) is 0 Å². The minimum Gasteiger partial charge on any atom is -0.480 e. The molecule has 0 bridgehead atoms. The van der Waals surface area contributed by atoms with Crippen LogP contribution in [0.15, 0.2) is 0 Å². The summed E-state index contributed by atoms with van der Waals surface area (Å²) in [4.78, 5) is 12.7. The van der Waals surface area contributed by atoms with E-state index in [4.69, 9.17) is 5.11 Å². The van der Waals surface area contributed by atoms with E-state index < -0.39 is 17.7 Å². The van der Waals surface area contributed by atoms with Gasteiger partial charge in [0.2, 0.25) is 0 Å². The smallest absolute Gasteiger partial charge is 0.324 e. The number of rotatable bonds is 1. The molecule has 4 heteroatoms. The molecule has 2 heterocycles. The topological polar surface area (TPSA) is 40.5 Å². The third-order valence-corrected chi connectivity index (χ3v) is 3.00. The lowest BCUT2D eigenvalue weighted by atomic mass is 9.94. The van der Waals surface area contributed by atoms with Crippen LogP contribution in [0.25, 0.3) is 0 Å². The zero-order valence-corrected chi connectivity index (χ0v) is 6.79. The van der Waals surface area contributed by atoms with Crippen molar-refractivity contribution in [2.75, 3.05) is 13.1 Å². The van der Waals surface area contributed by atoms with Gasteiger partial charge in [-0.3, -0.25) is 9.69 Å². The van der Waals surface area contributed by atoms with E-state index in [2.05, 4.69) is 0 Å². The molecule has 0 radical (unpaired) electrons. The highest BCUT2D eigenvalue weighted by Gasteiger charge is 2.54. The molecule has 2 rings (SSSR count). The van der Waals surface area contributed by atoms with E-state index in [1.807, 2.05) is 0 Å². The van der Waals surface area contributed by atoms with E-state index in [0.29, 0.717) is 13.0 Å². The predicted molar refractivity (Wildman–Crippen MR) is 40.7 cm³/mol. The molecule has 12 heavy (non-hydrogen) atoms. The maximum atomic E-state index is 12.9. The minimum atomic E-state index is -0.943. The summed E-state index contributed by atoms with van der Waals surface area (Å²) in [5, 5.41) is 8.98. The van der Waals surface area contributed by atoms with E-state index in [1.54, 1.807) is 4.90 Å². The Morgan fingerprint density at radius 2 is 2.42 bits per heavy atom. The van der Waals surface area contributed by atoms with Crippen LogP contribution in [0, 0.1) is 0 Å². The molecule has 0 aromatic rings. The van der Waals surface area contributed by atoms with Crippen molar-refractivity contribution >= 4 is 5.97 Å². The number of halogens is 1. The molecule has 3 nitrogen and oxygen atoms in total. The molecule has 2 atom stereocenters. The normalized spacial score (nSPS) is 41.6. The fraction of sp³-hybridized carbons (Fsp3) is 0.875.